The number of anilines is 1. The van der Waals surface area contributed by atoms with Crippen LogP contribution in [0, 0.1) is 6.92 Å². The van der Waals surface area contributed by atoms with Crippen LogP contribution >= 0.6 is 0 Å². The molecule has 0 saturated heterocycles. The van der Waals surface area contributed by atoms with Crippen molar-refractivity contribution in [1.82, 2.24) is 15.5 Å². The number of nitrogens with two attached hydrogens (primary N) is 1. The number of carbonyl (C=O) groups is 1. The van der Waals surface area contributed by atoms with Gasteiger partial charge >= 0.3 is 0 Å². The molecule has 0 aliphatic heterocycles. The molecule has 5 heteroatoms. The van der Waals surface area contributed by atoms with E-state index < -0.39 is 0 Å². The molecule has 0 fully saturated rings. The number of nitrogens with one attached hydrogen (secondary N) is 2. The Morgan fingerprint density at radius 1 is 1.50 bits per heavy atom. The van der Waals surface area contributed by atoms with Gasteiger partial charge in [0.05, 0.1) is 12.2 Å². The molecule has 0 bridgehead atoms. The van der Waals surface area contributed by atoms with Crippen LogP contribution in [-0.4, -0.2) is 16.1 Å². The highest BCUT2D eigenvalue weighted by atomic mass is 16.1. The maximum absolute atomic E-state index is 12.1. The zero-order valence-corrected chi connectivity index (χ0v) is 10.4. The Kier molecular flexibility index (Phi) is 3.32. The highest BCUT2D eigenvalue weighted by Gasteiger charge is 2.13. The summed E-state index contributed by atoms with van der Waals surface area (Å²) in [5, 5.41) is 9.50. The third kappa shape index (κ3) is 2.51. The van der Waals surface area contributed by atoms with Gasteiger partial charge in [0.25, 0.3) is 5.91 Å². The molecule has 1 aromatic carbocycles. The van der Waals surface area contributed by atoms with Crippen molar-refractivity contribution >= 4 is 11.6 Å². The van der Waals surface area contributed by atoms with E-state index in [2.05, 4.69) is 15.5 Å². The largest absolute Gasteiger partial charge is 0.399 e. The van der Waals surface area contributed by atoms with E-state index in [0.717, 1.165) is 11.1 Å². The molecular weight excluding hydrogens is 228 g/mol. The van der Waals surface area contributed by atoms with Crippen molar-refractivity contribution in [3.8, 4) is 0 Å². The highest BCUT2D eigenvalue weighted by Crippen LogP contribution is 2.15. The van der Waals surface area contributed by atoms with Gasteiger partial charge in [0, 0.05) is 23.0 Å². The molecule has 0 spiro atoms. The highest BCUT2D eigenvalue weighted by molar-refractivity contribution is 5.96. The van der Waals surface area contributed by atoms with Crippen LogP contribution in [0.1, 0.15) is 34.5 Å². The molecule has 0 radical (unpaired) electrons. The van der Waals surface area contributed by atoms with Crippen molar-refractivity contribution in [1.29, 1.82) is 0 Å². The number of nitrogens with zero attached hydrogens (tertiary/aromatic N) is 1. The maximum Gasteiger partial charge on any atom is 0.252 e. The average Bonchev–Trinajstić information content (AvgIpc) is 2.81. The van der Waals surface area contributed by atoms with Crippen molar-refractivity contribution in [3.63, 3.8) is 0 Å². The van der Waals surface area contributed by atoms with E-state index in [1.807, 2.05) is 13.8 Å². The number of nitrogen functional groups attached to an aromatic ring is 1. The summed E-state index contributed by atoms with van der Waals surface area (Å²) in [6.07, 6.45) is 3.46. The summed E-state index contributed by atoms with van der Waals surface area (Å²) in [5.74, 6) is -0.110. The normalized spacial score (nSPS) is 12.1. The zero-order valence-electron chi connectivity index (χ0n) is 10.4. The molecule has 4 N–H and O–H groups in total. The van der Waals surface area contributed by atoms with E-state index in [9.17, 15) is 4.79 Å². The van der Waals surface area contributed by atoms with Crippen molar-refractivity contribution in [2.45, 2.75) is 19.9 Å². The van der Waals surface area contributed by atoms with Gasteiger partial charge in [-0.05, 0) is 37.6 Å². The summed E-state index contributed by atoms with van der Waals surface area (Å²) in [6.45, 7) is 3.78. The monoisotopic (exact) mass is 244 g/mol. The van der Waals surface area contributed by atoms with Gasteiger partial charge in [-0.3, -0.25) is 9.89 Å². The molecule has 18 heavy (non-hydrogen) atoms. The molecule has 1 unspecified atom stereocenters. The smallest absolute Gasteiger partial charge is 0.252 e. The number of aromatic nitrogens is 2. The second kappa shape index (κ2) is 4.91. The first kappa shape index (κ1) is 12.2. The van der Waals surface area contributed by atoms with Crippen LogP contribution < -0.4 is 11.1 Å². The molecule has 2 aromatic rings. The number of hydrogen-bond acceptors (Lipinski definition) is 3. The molecular formula is C13H16N4O. The van der Waals surface area contributed by atoms with Crippen molar-refractivity contribution in [3.05, 3.63) is 47.3 Å². The van der Waals surface area contributed by atoms with Gasteiger partial charge < -0.3 is 11.1 Å². The standard InChI is InChI=1S/C13H16N4O/c1-8-5-11(14)3-4-12(8)13(18)17-9(2)10-6-15-16-7-10/h3-7,9H,14H2,1-2H3,(H,15,16)(H,17,18). The summed E-state index contributed by atoms with van der Waals surface area (Å²) in [7, 11) is 0. The Balaban J connectivity index is 2.12. The SMILES string of the molecule is Cc1cc(N)ccc1C(=O)NC(C)c1cn[nH]c1. The molecule has 1 amide bonds. The molecule has 0 saturated carbocycles. The van der Waals surface area contributed by atoms with Crippen LogP contribution in [0.25, 0.3) is 0 Å². The number of carbonyl (C=O) groups excluding carboxylic acids is 1. The first-order chi connectivity index (χ1) is 8.58. The predicted molar refractivity (Wildman–Crippen MR) is 70.1 cm³/mol. The second-order valence-electron chi connectivity index (χ2n) is 4.30. The van der Waals surface area contributed by atoms with Crippen molar-refractivity contribution in [2.75, 3.05) is 5.73 Å². The number of aromatic amines is 1. The Labute approximate surface area is 105 Å². The minimum Gasteiger partial charge on any atom is -0.399 e. The zero-order chi connectivity index (χ0) is 13.1. The van der Waals surface area contributed by atoms with Gasteiger partial charge in [0.15, 0.2) is 0 Å². The number of benzene rings is 1. The number of hydrogen-bond donors (Lipinski definition) is 3. The van der Waals surface area contributed by atoms with Gasteiger partial charge in [0.2, 0.25) is 0 Å². The Hall–Kier alpha value is -2.30. The molecule has 1 atom stereocenters. The summed E-state index contributed by atoms with van der Waals surface area (Å²) in [5.41, 5.74) is 8.77. The van der Waals surface area contributed by atoms with Crippen molar-refractivity contribution in [2.24, 2.45) is 0 Å². The number of aryl methyl sites for hydroxylation is 1. The lowest BCUT2D eigenvalue weighted by molar-refractivity contribution is 0.0939. The van der Waals surface area contributed by atoms with Gasteiger partial charge in [-0.15, -0.1) is 0 Å². The van der Waals surface area contributed by atoms with E-state index >= 15 is 0 Å². The van der Waals surface area contributed by atoms with Crippen molar-refractivity contribution < 1.29 is 4.79 Å². The minimum atomic E-state index is -0.110. The fraction of sp³-hybridized carbons (Fsp3) is 0.231. The fourth-order valence-corrected chi connectivity index (χ4v) is 1.80. The predicted octanol–water partition coefficient (Wildman–Crippen LogP) is 1.79. The van der Waals surface area contributed by atoms with Gasteiger partial charge in [0.1, 0.15) is 0 Å². The Bertz CT molecular complexity index is 548. The van der Waals surface area contributed by atoms with Gasteiger partial charge in [-0.2, -0.15) is 5.10 Å². The summed E-state index contributed by atoms with van der Waals surface area (Å²) in [6, 6.07) is 5.16. The summed E-state index contributed by atoms with van der Waals surface area (Å²) < 4.78 is 0. The van der Waals surface area contributed by atoms with Gasteiger partial charge in [-0.1, -0.05) is 0 Å². The van der Waals surface area contributed by atoms with E-state index in [1.165, 1.54) is 0 Å². The molecule has 1 aromatic heterocycles. The fourth-order valence-electron chi connectivity index (χ4n) is 1.80. The Morgan fingerprint density at radius 2 is 2.28 bits per heavy atom. The third-order valence-corrected chi connectivity index (χ3v) is 2.86. The van der Waals surface area contributed by atoms with Crippen LogP contribution in [-0.2, 0) is 0 Å². The van der Waals surface area contributed by atoms with E-state index in [1.54, 1.807) is 30.6 Å². The average molecular weight is 244 g/mol. The quantitative estimate of drug-likeness (QED) is 0.720. The molecule has 2 rings (SSSR count). The minimum absolute atomic E-state index is 0.0896. The number of H-pyrrole nitrogens is 1. The van der Waals surface area contributed by atoms with Gasteiger partial charge in [-0.25, -0.2) is 0 Å². The van der Waals surface area contributed by atoms with Crippen LogP contribution in [0.4, 0.5) is 5.69 Å². The number of rotatable bonds is 3. The Morgan fingerprint density at radius 3 is 2.89 bits per heavy atom. The lowest BCUT2D eigenvalue weighted by atomic mass is 10.1. The second-order valence-corrected chi connectivity index (χ2v) is 4.30. The van der Waals surface area contributed by atoms with Crippen LogP contribution in [0.2, 0.25) is 0 Å². The van der Waals surface area contributed by atoms with E-state index in [4.69, 9.17) is 5.73 Å². The lowest BCUT2D eigenvalue weighted by Crippen LogP contribution is -2.27. The van der Waals surface area contributed by atoms with E-state index in [0.29, 0.717) is 11.3 Å². The molecule has 0 aliphatic rings. The van der Waals surface area contributed by atoms with Crippen LogP contribution in [0.5, 0.6) is 0 Å². The first-order valence-electron chi connectivity index (χ1n) is 5.73. The topological polar surface area (TPSA) is 83.8 Å². The molecule has 1 heterocycles. The third-order valence-electron chi connectivity index (χ3n) is 2.86. The van der Waals surface area contributed by atoms with Crippen LogP contribution in [0.3, 0.4) is 0 Å². The molecule has 5 nitrogen and oxygen atoms in total. The lowest BCUT2D eigenvalue weighted by Gasteiger charge is -2.13. The maximum atomic E-state index is 12.1. The summed E-state index contributed by atoms with van der Waals surface area (Å²) >= 11 is 0. The molecule has 0 aliphatic carbocycles. The van der Waals surface area contributed by atoms with E-state index in [-0.39, 0.29) is 11.9 Å². The number of amides is 1. The summed E-state index contributed by atoms with van der Waals surface area (Å²) in [4.78, 5) is 12.1. The molecule has 94 valence electrons. The van der Waals surface area contributed by atoms with Crippen LogP contribution in [0.15, 0.2) is 30.6 Å². The first-order valence-corrected chi connectivity index (χ1v) is 5.73.